The standard InChI is InChI=1S/C31H34F3NO5/c1-2-3-4-5-6-28(23-9-11-24(12-10-23)30(38)35-20-19-29(36)37)40-27-17-15-26(16-18-27)39-21-22-7-13-25(14-8-22)31(32,33)34/h7-18,28H,2-6,19-21H2,1H3,(H,35,38)(H,36,37). The molecule has 0 aromatic heterocycles. The van der Waals surface area contributed by atoms with E-state index in [1.54, 1.807) is 36.4 Å². The molecule has 1 atom stereocenters. The van der Waals surface area contributed by atoms with Crippen molar-refractivity contribution in [3.8, 4) is 11.5 Å². The number of halogens is 3. The molecule has 2 N–H and O–H groups in total. The highest BCUT2D eigenvalue weighted by atomic mass is 19.4. The summed E-state index contributed by atoms with van der Waals surface area (Å²) in [6, 6.07) is 19.0. The SMILES string of the molecule is CCCCCCC(Oc1ccc(OCc2ccc(C(F)(F)F)cc2)cc1)c1ccc(C(=O)NCCC(=O)O)cc1. The summed E-state index contributed by atoms with van der Waals surface area (Å²) in [7, 11) is 0. The highest BCUT2D eigenvalue weighted by Gasteiger charge is 2.29. The molecule has 3 aromatic carbocycles. The van der Waals surface area contributed by atoms with Gasteiger partial charge in [-0.1, -0.05) is 50.5 Å². The predicted molar refractivity (Wildman–Crippen MR) is 145 cm³/mol. The highest BCUT2D eigenvalue weighted by molar-refractivity contribution is 5.94. The molecular weight excluding hydrogens is 523 g/mol. The lowest BCUT2D eigenvalue weighted by Gasteiger charge is -2.20. The molecule has 0 bridgehead atoms. The van der Waals surface area contributed by atoms with Crippen molar-refractivity contribution in [3.63, 3.8) is 0 Å². The van der Waals surface area contributed by atoms with E-state index in [1.165, 1.54) is 12.1 Å². The van der Waals surface area contributed by atoms with Crippen molar-refractivity contribution in [1.29, 1.82) is 0 Å². The van der Waals surface area contributed by atoms with E-state index in [9.17, 15) is 22.8 Å². The minimum atomic E-state index is -4.37. The van der Waals surface area contributed by atoms with Gasteiger partial charge in [-0.05, 0) is 72.5 Å². The lowest BCUT2D eigenvalue weighted by atomic mass is 10.0. The third kappa shape index (κ3) is 9.94. The van der Waals surface area contributed by atoms with Crippen molar-refractivity contribution < 1.29 is 37.3 Å². The molecule has 0 saturated heterocycles. The van der Waals surface area contributed by atoms with Gasteiger partial charge in [0.1, 0.15) is 24.2 Å². The van der Waals surface area contributed by atoms with Gasteiger partial charge in [0.05, 0.1) is 12.0 Å². The number of rotatable bonds is 15. The van der Waals surface area contributed by atoms with Gasteiger partial charge in [0.25, 0.3) is 5.91 Å². The van der Waals surface area contributed by atoms with Gasteiger partial charge in [0.2, 0.25) is 0 Å². The Morgan fingerprint density at radius 3 is 2.12 bits per heavy atom. The molecule has 6 nitrogen and oxygen atoms in total. The van der Waals surface area contributed by atoms with Crippen LogP contribution in [-0.2, 0) is 17.6 Å². The smallest absolute Gasteiger partial charge is 0.416 e. The van der Waals surface area contributed by atoms with E-state index in [-0.39, 0.29) is 31.6 Å². The fourth-order valence-electron chi connectivity index (χ4n) is 4.02. The zero-order valence-electron chi connectivity index (χ0n) is 22.4. The molecule has 0 spiro atoms. The second-order valence-electron chi connectivity index (χ2n) is 9.43. The number of ether oxygens (including phenoxy) is 2. The summed E-state index contributed by atoms with van der Waals surface area (Å²) in [5, 5.41) is 11.3. The fraction of sp³-hybridized carbons (Fsp3) is 0.355. The van der Waals surface area contributed by atoms with Gasteiger partial charge in [-0.2, -0.15) is 13.2 Å². The van der Waals surface area contributed by atoms with Gasteiger partial charge < -0.3 is 19.9 Å². The molecule has 1 unspecified atom stereocenters. The van der Waals surface area contributed by atoms with Gasteiger partial charge >= 0.3 is 12.1 Å². The van der Waals surface area contributed by atoms with Crippen molar-refractivity contribution in [2.75, 3.05) is 6.54 Å². The molecular formula is C31H34F3NO5. The first-order valence-electron chi connectivity index (χ1n) is 13.3. The Morgan fingerprint density at radius 1 is 0.875 bits per heavy atom. The van der Waals surface area contributed by atoms with E-state index in [0.29, 0.717) is 22.6 Å². The molecule has 3 aromatic rings. The molecule has 0 fully saturated rings. The summed E-state index contributed by atoms with van der Waals surface area (Å²) >= 11 is 0. The van der Waals surface area contributed by atoms with Gasteiger partial charge in [-0.15, -0.1) is 0 Å². The predicted octanol–water partition coefficient (Wildman–Crippen LogP) is 7.58. The molecule has 0 aliphatic heterocycles. The number of nitrogens with one attached hydrogen (secondary N) is 1. The summed E-state index contributed by atoms with van der Waals surface area (Å²) in [5.74, 6) is -0.111. The first-order chi connectivity index (χ1) is 19.2. The number of amides is 1. The average molecular weight is 558 g/mol. The second-order valence-corrected chi connectivity index (χ2v) is 9.43. The number of benzene rings is 3. The first kappa shape index (κ1) is 30.5. The number of unbranched alkanes of at least 4 members (excludes halogenated alkanes) is 3. The molecule has 3 rings (SSSR count). The van der Waals surface area contributed by atoms with Crippen LogP contribution in [0.2, 0.25) is 0 Å². The summed E-state index contributed by atoms with van der Waals surface area (Å²) in [6.07, 6.45) is 0.343. The maximum absolute atomic E-state index is 12.7. The van der Waals surface area contributed by atoms with Crippen molar-refractivity contribution in [1.82, 2.24) is 5.32 Å². The Bertz CT molecular complexity index is 1210. The number of carbonyl (C=O) groups is 2. The van der Waals surface area contributed by atoms with Crippen molar-refractivity contribution in [3.05, 3.63) is 95.1 Å². The molecule has 1 amide bonds. The van der Waals surface area contributed by atoms with Gasteiger partial charge in [-0.3, -0.25) is 9.59 Å². The highest BCUT2D eigenvalue weighted by Crippen LogP contribution is 2.30. The number of carboxylic acids is 1. The minimum absolute atomic E-state index is 0.0587. The fourth-order valence-corrected chi connectivity index (χ4v) is 4.02. The largest absolute Gasteiger partial charge is 0.489 e. The quantitative estimate of drug-likeness (QED) is 0.188. The maximum atomic E-state index is 12.7. The minimum Gasteiger partial charge on any atom is -0.489 e. The van der Waals surface area contributed by atoms with Crippen molar-refractivity contribution in [2.45, 2.75) is 64.3 Å². The Balaban J connectivity index is 1.61. The van der Waals surface area contributed by atoms with E-state index in [0.717, 1.165) is 49.8 Å². The average Bonchev–Trinajstić information content (AvgIpc) is 2.94. The van der Waals surface area contributed by atoms with Crippen LogP contribution in [0.15, 0.2) is 72.8 Å². The molecule has 0 radical (unpaired) electrons. The number of carbonyl (C=O) groups excluding carboxylic acids is 1. The molecule has 40 heavy (non-hydrogen) atoms. The Labute approximate surface area is 232 Å². The Kier molecular flexibility index (Phi) is 11.4. The van der Waals surface area contributed by atoms with Crippen LogP contribution in [0, 0.1) is 0 Å². The van der Waals surface area contributed by atoms with Gasteiger partial charge in [-0.25, -0.2) is 0 Å². The van der Waals surface area contributed by atoms with Crippen molar-refractivity contribution >= 4 is 11.9 Å². The Morgan fingerprint density at radius 2 is 1.52 bits per heavy atom. The molecule has 0 heterocycles. The monoisotopic (exact) mass is 557 g/mol. The van der Waals surface area contributed by atoms with Crippen LogP contribution < -0.4 is 14.8 Å². The maximum Gasteiger partial charge on any atom is 0.416 e. The number of alkyl halides is 3. The molecule has 0 saturated carbocycles. The van der Waals surface area contributed by atoms with Gasteiger partial charge in [0, 0.05) is 12.1 Å². The number of hydrogen-bond acceptors (Lipinski definition) is 4. The van der Waals surface area contributed by atoms with E-state index in [1.807, 2.05) is 12.1 Å². The lowest BCUT2D eigenvalue weighted by molar-refractivity contribution is -0.138. The van der Waals surface area contributed by atoms with E-state index >= 15 is 0 Å². The van der Waals surface area contributed by atoms with E-state index in [2.05, 4.69) is 12.2 Å². The van der Waals surface area contributed by atoms with E-state index < -0.39 is 17.7 Å². The van der Waals surface area contributed by atoms with Crippen LogP contribution in [0.1, 0.15) is 78.6 Å². The summed E-state index contributed by atoms with van der Waals surface area (Å²) < 4.78 is 50.3. The third-order valence-electron chi connectivity index (χ3n) is 6.28. The van der Waals surface area contributed by atoms with Crippen LogP contribution in [0.4, 0.5) is 13.2 Å². The Hall–Kier alpha value is -4.01. The van der Waals surface area contributed by atoms with Crippen LogP contribution in [-0.4, -0.2) is 23.5 Å². The van der Waals surface area contributed by atoms with Crippen LogP contribution in [0.5, 0.6) is 11.5 Å². The number of hydrogen-bond donors (Lipinski definition) is 2. The molecule has 0 aliphatic rings. The normalized spacial score (nSPS) is 12.0. The zero-order valence-corrected chi connectivity index (χ0v) is 22.4. The lowest BCUT2D eigenvalue weighted by Crippen LogP contribution is -2.26. The third-order valence-corrected chi connectivity index (χ3v) is 6.28. The summed E-state index contributed by atoms with van der Waals surface area (Å²) in [5.41, 5.74) is 1.28. The van der Waals surface area contributed by atoms with Crippen LogP contribution in [0.25, 0.3) is 0 Å². The zero-order chi connectivity index (χ0) is 29.0. The molecule has 0 aliphatic carbocycles. The summed E-state index contributed by atoms with van der Waals surface area (Å²) in [4.78, 5) is 22.9. The van der Waals surface area contributed by atoms with Crippen LogP contribution in [0.3, 0.4) is 0 Å². The number of aliphatic carboxylic acids is 1. The van der Waals surface area contributed by atoms with Gasteiger partial charge in [0.15, 0.2) is 0 Å². The second kappa shape index (κ2) is 15.0. The van der Waals surface area contributed by atoms with Crippen LogP contribution >= 0.6 is 0 Å². The first-order valence-corrected chi connectivity index (χ1v) is 13.3. The molecule has 9 heteroatoms. The van der Waals surface area contributed by atoms with E-state index in [4.69, 9.17) is 14.6 Å². The number of carboxylic acid groups (broad SMARTS) is 1. The van der Waals surface area contributed by atoms with Crippen molar-refractivity contribution in [2.24, 2.45) is 0 Å². The topological polar surface area (TPSA) is 84.9 Å². The molecule has 214 valence electrons. The summed E-state index contributed by atoms with van der Waals surface area (Å²) in [6.45, 7) is 2.34.